The quantitative estimate of drug-likeness (QED) is 0.781. The molecule has 16 heavy (non-hydrogen) atoms. The van der Waals surface area contributed by atoms with Gasteiger partial charge in [0.25, 0.3) is 0 Å². The van der Waals surface area contributed by atoms with Gasteiger partial charge in [0.15, 0.2) is 0 Å². The molecule has 0 N–H and O–H groups in total. The zero-order chi connectivity index (χ0) is 12.0. The maximum atomic E-state index is 11.0. The van der Waals surface area contributed by atoms with Crippen LogP contribution in [0.4, 0.5) is 0 Å². The van der Waals surface area contributed by atoms with Crippen LogP contribution in [0.5, 0.6) is 5.75 Å². The molecule has 0 aliphatic heterocycles. The van der Waals surface area contributed by atoms with Crippen LogP contribution < -0.4 is 4.74 Å². The van der Waals surface area contributed by atoms with Gasteiger partial charge in [-0.25, -0.2) is 0 Å². The molecule has 0 atom stereocenters. The van der Waals surface area contributed by atoms with Crippen molar-refractivity contribution in [2.45, 2.75) is 19.8 Å². The highest BCUT2D eigenvalue weighted by Gasteiger charge is 2.05. The first-order valence-electron chi connectivity index (χ1n) is 5.15. The first kappa shape index (κ1) is 13.0. The standard InChI is InChI=1S/C12H15BrO3/c1-3-16-11-6-4-9(8-10(11)13)5-7-12(14)15-2/h4,6,8H,3,5,7H2,1-2H3. The fraction of sp³-hybridized carbons (Fsp3) is 0.417. The Labute approximate surface area is 104 Å². The lowest BCUT2D eigenvalue weighted by Crippen LogP contribution is -2.02. The predicted molar refractivity (Wildman–Crippen MR) is 65.6 cm³/mol. The second-order valence-electron chi connectivity index (χ2n) is 3.27. The van der Waals surface area contributed by atoms with Crippen molar-refractivity contribution in [3.8, 4) is 5.75 Å². The van der Waals surface area contributed by atoms with Gasteiger partial charge < -0.3 is 9.47 Å². The van der Waals surface area contributed by atoms with E-state index in [9.17, 15) is 4.79 Å². The number of ether oxygens (including phenoxy) is 2. The first-order chi connectivity index (χ1) is 7.67. The molecule has 88 valence electrons. The molecule has 0 radical (unpaired) electrons. The highest BCUT2D eigenvalue weighted by molar-refractivity contribution is 9.10. The van der Waals surface area contributed by atoms with Crippen LogP contribution in [0.25, 0.3) is 0 Å². The third-order valence-electron chi connectivity index (χ3n) is 2.14. The molecule has 0 unspecified atom stereocenters. The number of halogens is 1. The van der Waals surface area contributed by atoms with E-state index in [0.717, 1.165) is 15.8 Å². The summed E-state index contributed by atoms with van der Waals surface area (Å²) < 4.78 is 10.9. The van der Waals surface area contributed by atoms with Gasteiger partial charge in [-0.3, -0.25) is 4.79 Å². The topological polar surface area (TPSA) is 35.5 Å². The third kappa shape index (κ3) is 3.85. The lowest BCUT2D eigenvalue weighted by atomic mass is 10.1. The monoisotopic (exact) mass is 286 g/mol. The molecule has 0 fully saturated rings. The molecule has 0 bridgehead atoms. The minimum absolute atomic E-state index is 0.190. The summed E-state index contributed by atoms with van der Waals surface area (Å²) in [7, 11) is 1.40. The van der Waals surface area contributed by atoms with E-state index < -0.39 is 0 Å². The van der Waals surface area contributed by atoms with E-state index >= 15 is 0 Å². The Balaban J connectivity index is 2.62. The number of carbonyl (C=O) groups excluding carboxylic acids is 1. The summed E-state index contributed by atoms with van der Waals surface area (Å²) in [4.78, 5) is 11.0. The summed E-state index contributed by atoms with van der Waals surface area (Å²) >= 11 is 3.43. The fourth-order valence-electron chi connectivity index (χ4n) is 1.32. The third-order valence-corrected chi connectivity index (χ3v) is 2.76. The van der Waals surface area contributed by atoms with Crippen molar-refractivity contribution in [3.05, 3.63) is 28.2 Å². The first-order valence-corrected chi connectivity index (χ1v) is 5.94. The summed E-state index contributed by atoms with van der Waals surface area (Å²) in [6.07, 6.45) is 1.08. The van der Waals surface area contributed by atoms with Gasteiger partial charge in [0.05, 0.1) is 18.2 Å². The van der Waals surface area contributed by atoms with E-state index in [1.807, 2.05) is 25.1 Å². The molecule has 0 spiro atoms. The highest BCUT2D eigenvalue weighted by atomic mass is 79.9. The lowest BCUT2D eigenvalue weighted by molar-refractivity contribution is -0.140. The van der Waals surface area contributed by atoms with E-state index in [2.05, 4.69) is 20.7 Å². The Morgan fingerprint density at radius 3 is 2.75 bits per heavy atom. The fourth-order valence-corrected chi connectivity index (χ4v) is 1.86. The van der Waals surface area contributed by atoms with Crippen molar-refractivity contribution in [2.75, 3.05) is 13.7 Å². The molecule has 0 saturated carbocycles. The minimum Gasteiger partial charge on any atom is -0.493 e. The smallest absolute Gasteiger partial charge is 0.305 e. The number of benzene rings is 1. The summed E-state index contributed by atoms with van der Waals surface area (Å²) in [6, 6.07) is 5.83. The Morgan fingerprint density at radius 2 is 2.19 bits per heavy atom. The van der Waals surface area contributed by atoms with Crippen LogP contribution in [-0.4, -0.2) is 19.7 Å². The van der Waals surface area contributed by atoms with Gasteiger partial charge in [-0.1, -0.05) is 6.07 Å². The molecule has 1 rings (SSSR count). The van der Waals surface area contributed by atoms with E-state index in [-0.39, 0.29) is 5.97 Å². The van der Waals surface area contributed by atoms with Gasteiger partial charge in [0.1, 0.15) is 5.75 Å². The Hall–Kier alpha value is -1.03. The number of carbonyl (C=O) groups is 1. The molecular weight excluding hydrogens is 272 g/mol. The molecule has 1 aromatic rings. The van der Waals surface area contributed by atoms with Gasteiger partial charge in [-0.2, -0.15) is 0 Å². The number of methoxy groups -OCH3 is 1. The molecule has 0 aliphatic rings. The van der Waals surface area contributed by atoms with Crippen molar-refractivity contribution >= 4 is 21.9 Å². The van der Waals surface area contributed by atoms with E-state index in [0.29, 0.717) is 19.4 Å². The van der Waals surface area contributed by atoms with Gasteiger partial charge >= 0.3 is 5.97 Å². The van der Waals surface area contributed by atoms with Gasteiger partial charge in [0.2, 0.25) is 0 Å². The largest absolute Gasteiger partial charge is 0.493 e. The second kappa shape index (κ2) is 6.53. The van der Waals surface area contributed by atoms with Gasteiger partial charge in [-0.05, 0) is 47.0 Å². The van der Waals surface area contributed by atoms with Crippen LogP contribution >= 0.6 is 15.9 Å². The predicted octanol–water partition coefficient (Wildman–Crippen LogP) is 2.95. The summed E-state index contributed by atoms with van der Waals surface area (Å²) in [5.74, 6) is 0.634. The van der Waals surface area contributed by atoms with Gasteiger partial charge in [0, 0.05) is 6.42 Å². The summed E-state index contributed by atoms with van der Waals surface area (Å²) in [6.45, 7) is 2.58. The number of hydrogen-bond donors (Lipinski definition) is 0. The van der Waals surface area contributed by atoms with Crippen LogP contribution in [0.1, 0.15) is 18.9 Å². The molecule has 0 saturated heterocycles. The molecule has 0 aliphatic carbocycles. The number of aryl methyl sites for hydroxylation is 1. The summed E-state index contributed by atoms with van der Waals surface area (Å²) in [5, 5.41) is 0. The summed E-state index contributed by atoms with van der Waals surface area (Å²) in [5.41, 5.74) is 1.08. The van der Waals surface area contributed by atoms with Crippen LogP contribution in [0.2, 0.25) is 0 Å². The zero-order valence-electron chi connectivity index (χ0n) is 9.46. The Bertz CT molecular complexity index is 363. The van der Waals surface area contributed by atoms with Crippen molar-refractivity contribution in [3.63, 3.8) is 0 Å². The molecule has 0 aromatic heterocycles. The number of hydrogen-bond acceptors (Lipinski definition) is 3. The average Bonchev–Trinajstić information content (AvgIpc) is 2.29. The highest BCUT2D eigenvalue weighted by Crippen LogP contribution is 2.26. The minimum atomic E-state index is -0.190. The van der Waals surface area contributed by atoms with Crippen LogP contribution in [0.3, 0.4) is 0 Å². The van der Waals surface area contributed by atoms with Crippen LogP contribution in [0, 0.1) is 0 Å². The maximum Gasteiger partial charge on any atom is 0.305 e. The normalized spacial score (nSPS) is 9.94. The van der Waals surface area contributed by atoms with Gasteiger partial charge in [-0.15, -0.1) is 0 Å². The Kier molecular flexibility index (Phi) is 5.32. The molecule has 4 heteroatoms. The van der Waals surface area contributed by atoms with E-state index in [4.69, 9.17) is 4.74 Å². The Morgan fingerprint density at radius 1 is 1.44 bits per heavy atom. The second-order valence-corrected chi connectivity index (χ2v) is 4.13. The maximum absolute atomic E-state index is 11.0. The lowest BCUT2D eigenvalue weighted by Gasteiger charge is -2.07. The van der Waals surface area contributed by atoms with E-state index in [1.54, 1.807) is 0 Å². The van der Waals surface area contributed by atoms with Crippen LogP contribution in [0.15, 0.2) is 22.7 Å². The van der Waals surface area contributed by atoms with Crippen molar-refractivity contribution in [2.24, 2.45) is 0 Å². The molecular formula is C12H15BrO3. The SMILES string of the molecule is CCOc1ccc(CCC(=O)OC)cc1Br. The van der Waals surface area contributed by atoms with Crippen LogP contribution in [-0.2, 0) is 16.0 Å². The van der Waals surface area contributed by atoms with Crippen molar-refractivity contribution in [1.29, 1.82) is 0 Å². The van der Waals surface area contributed by atoms with E-state index in [1.165, 1.54) is 7.11 Å². The molecule has 3 nitrogen and oxygen atoms in total. The number of esters is 1. The molecule has 0 heterocycles. The molecule has 1 aromatic carbocycles. The number of rotatable bonds is 5. The molecule has 0 amide bonds. The average molecular weight is 287 g/mol. The van der Waals surface area contributed by atoms with Crippen molar-refractivity contribution < 1.29 is 14.3 Å². The van der Waals surface area contributed by atoms with Crippen molar-refractivity contribution in [1.82, 2.24) is 0 Å². The zero-order valence-corrected chi connectivity index (χ0v) is 11.0.